The van der Waals surface area contributed by atoms with Crippen LogP contribution in [0.2, 0.25) is 0 Å². The van der Waals surface area contributed by atoms with E-state index in [-0.39, 0.29) is 23.0 Å². The second-order valence-electron chi connectivity index (χ2n) is 7.25. The van der Waals surface area contributed by atoms with E-state index in [4.69, 9.17) is 0 Å². The number of nitrogens with one attached hydrogen (secondary N) is 2. The lowest BCUT2D eigenvalue weighted by molar-refractivity contribution is -0.118. The number of ketones is 1. The van der Waals surface area contributed by atoms with Gasteiger partial charge in [-0.2, -0.15) is 0 Å². The molecule has 1 aromatic carbocycles. The Kier molecular flexibility index (Phi) is 3.42. The molecule has 1 atom stereocenters. The number of hydrogen-bond donors (Lipinski definition) is 3. The molecule has 5 heteroatoms. The number of allylic oxidation sites excluding steroid dienone is 1. The first kappa shape index (κ1) is 15.3. The first-order valence-electron chi connectivity index (χ1n) is 8.10. The van der Waals surface area contributed by atoms with Gasteiger partial charge in [0.15, 0.2) is 5.78 Å². The van der Waals surface area contributed by atoms with E-state index in [1.54, 1.807) is 17.4 Å². The van der Waals surface area contributed by atoms with E-state index in [0.717, 1.165) is 28.3 Å². The van der Waals surface area contributed by atoms with Gasteiger partial charge in [-0.05, 0) is 35.4 Å². The largest absolute Gasteiger partial charge is 0.506 e. The van der Waals surface area contributed by atoms with E-state index in [1.165, 1.54) is 0 Å². The third-order valence-electron chi connectivity index (χ3n) is 4.65. The van der Waals surface area contributed by atoms with E-state index in [2.05, 4.69) is 24.5 Å². The topological polar surface area (TPSA) is 61.4 Å². The molecule has 0 saturated carbocycles. The zero-order valence-corrected chi connectivity index (χ0v) is 14.5. The van der Waals surface area contributed by atoms with Crippen LogP contribution in [-0.2, 0) is 4.79 Å². The highest BCUT2D eigenvalue weighted by Gasteiger charge is 2.39. The van der Waals surface area contributed by atoms with E-state index in [0.29, 0.717) is 12.1 Å². The van der Waals surface area contributed by atoms with Gasteiger partial charge < -0.3 is 15.7 Å². The van der Waals surface area contributed by atoms with Crippen molar-refractivity contribution in [1.29, 1.82) is 0 Å². The number of fused-ring (bicyclic) bond motifs is 1. The van der Waals surface area contributed by atoms with Crippen molar-refractivity contribution in [1.82, 2.24) is 0 Å². The SMILES string of the molecule is CC1(C)CC(=O)C2=C(C1)Nc1c(O)cccc1NC2c1cccs1. The summed E-state index contributed by atoms with van der Waals surface area (Å²) in [6, 6.07) is 9.27. The third-order valence-corrected chi connectivity index (χ3v) is 5.59. The number of aromatic hydroxyl groups is 1. The molecule has 3 N–H and O–H groups in total. The Balaban J connectivity index is 1.91. The van der Waals surface area contributed by atoms with E-state index in [9.17, 15) is 9.90 Å². The first-order chi connectivity index (χ1) is 11.4. The van der Waals surface area contributed by atoms with Crippen molar-refractivity contribution in [2.45, 2.75) is 32.7 Å². The Bertz CT molecular complexity index is 837. The van der Waals surface area contributed by atoms with Crippen LogP contribution in [-0.4, -0.2) is 10.9 Å². The minimum Gasteiger partial charge on any atom is -0.506 e. The van der Waals surface area contributed by atoms with Gasteiger partial charge in [0.25, 0.3) is 0 Å². The Morgan fingerprint density at radius 1 is 1.21 bits per heavy atom. The summed E-state index contributed by atoms with van der Waals surface area (Å²) in [5, 5.41) is 19.1. The predicted octanol–water partition coefficient (Wildman–Crippen LogP) is 4.68. The molecule has 24 heavy (non-hydrogen) atoms. The fourth-order valence-corrected chi connectivity index (χ4v) is 4.40. The molecule has 1 aliphatic heterocycles. The van der Waals surface area contributed by atoms with Crippen molar-refractivity contribution in [3.63, 3.8) is 0 Å². The maximum atomic E-state index is 12.9. The van der Waals surface area contributed by atoms with Crippen LogP contribution >= 0.6 is 11.3 Å². The summed E-state index contributed by atoms with van der Waals surface area (Å²) in [6.45, 7) is 4.22. The van der Waals surface area contributed by atoms with Crippen LogP contribution in [0.4, 0.5) is 11.4 Å². The van der Waals surface area contributed by atoms with Gasteiger partial charge in [0.05, 0.1) is 11.7 Å². The monoisotopic (exact) mass is 340 g/mol. The van der Waals surface area contributed by atoms with Crippen LogP contribution in [0, 0.1) is 5.41 Å². The van der Waals surface area contributed by atoms with Gasteiger partial charge in [-0.15, -0.1) is 11.3 Å². The summed E-state index contributed by atoms with van der Waals surface area (Å²) in [6.07, 6.45) is 1.32. The molecule has 1 aliphatic carbocycles. The molecule has 2 heterocycles. The number of Topliss-reactive ketones (excluding diaryl/α,β-unsaturated/α-hetero) is 1. The maximum absolute atomic E-state index is 12.9. The molecule has 0 spiro atoms. The molecule has 1 aromatic heterocycles. The second-order valence-corrected chi connectivity index (χ2v) is 8.23. The number of anilines is 2. The molecule has 1 unspecified atom stereocenters. The predicted molar refractivity (Wildman–Crippen MR) is 97.5 cm³/mol. The molecule has 124 valence electrons. The van der Waals surface area contributed by atoms with Gasteiger partial charge in [0, 0.05) is 22.6 Å². The van der Waals surface area contributed by atoms with E-state index < -0.39 is 0 Å². The quantitative estimate of drug-likeness (QED) is 0.660. The van der Waals surface area contributed by atoms with Gasteiger partial charge >= 0.3 is 0 Å². The number of carbonyl (C=O) groups is 1. The number of carbonyl (C=O) groups excluding carboxylic acids is 1. The van der Waals surface area contributed by atoms with Crippen LogP contribution in [0.3, 0.4) is 0 Å². The zero-order valence-electron chi connectivity index (χ0n) is 13.7. The molecule has 2 aliphatic rings. The highest BCUT2D eigenvalue weighted by molar-refractivity contribution is 7.10. The molecule has 0 radical (unpaired) electrons. The van der Waals surface area contributed by atoms with E-state index in [1.807, 2.05) is 29.6 Å². The van der Waals surface area contributed by atoms with Crippen LogP contribution in [0.5, 0.6) is 5.75 Å². The lowest BCUT2D eigenvalue weighted by atomic mass is 9.74. The number of phenols is 1. The van der Waals surface area contributed by atoms with Crippen LogP contribution in [0.25, 0.3) is 0 Å². The molecule has 2 aromatic rings. The Morgan fingerprint density at radius 2 is 2.04 bits per heavy atom. The zero-order chi connectivity index (χ0) is 16.9. The van der Waals surface area contributed by atoms with Gasteiger partial charge in [0.2, 0.25) is 0 Å². The minimum absolute atomic E-state index is 0.0855. The summed E-state index contributed by atoms with van der Waals surface area (Å²) >= 11 is 1.64. The lowest BCUT2D eigenvalue weighted by Crippen LogP contribution is -2.31. The van der Waals surface area contributed by atoms with Crippen LogP contribution < -0.4 is 10.6 Å². The second kappa shape index (κ2) is 5.38. The number of benzene rings is 1. The summed E-state index contributed by atoms with van der Waals surface area (Å²) < 4.78 is 0. The van der Waals surface area contributed by atoms with Gasteiger partial charge in [-0.3, -0.25) is 4.79 Å². The summed E-state index contributed by atoms with van der Waals surface area (Å²) in [4.78, 5) is 14.0. The Morgan fingerprint density at radius 3 is 2.79 bits per heavy atom. The number of rotatable bonds is 1. The Labute approximate surface area is 145 Å². The fraction of sp³-hybridized carbons (Fsp3) is 0.316. The van der Waals surface area contributed by atoms with Crippen LogP contribution in [0.15, 0.2) is 47.0 Å². The molecule has 4 nitrogen and oxygen atoms in total. The smallest absolute Gasteiger partial charge is 0.163 e. The van der Waals surface area contributed by atoms with Crippen molar-refractivity contribution >= 4 is 28.5 Å². The molecule has 0 bridgehead atoms. The van der Waals surface area contributed by atoms with Crippen molar-refractivity contribution in [2.75, 3.05) is 10.6 Å². The highest BCUT2D eigenvalue weighted by Crippen LogP contribution is 2.47. The van der Waals surface area contributed by atoms with Crippen LogP contribution in [0.1, 0.15) is 37.6 Å². The standard InChI is InChI=1S/C19H20N2O2S/c1-19(2)9-12-16(14(23)10-19)18(15-7-4-8-24-15)20-11-5-3-6-13(22)17(11)21-12/h3-8,18,20-22H,9-10H2,1-2H3. The third kappa shape index (κ3) is 2.49. The van der Waals surface area contributed by atoms with Crippen molar-refractivity contribution in [2.24, 2.45) is 5.41 Å². The normalized spacial score (nSPS) is 22.1. The maximum Gasteiger partial charge on any atom is 0.163 e. The molecule has 0 saturated heterocycles. The molecule has 4 rings (SSSR count). The molecule has 0 amide bonds. The van der Waals surface area contributed by atoms with Crippen molar-refractivity contribution in [3.8, 4) is 5.75 Å². The fourth-order valence-electron chi connectivity index (χ4n) is 3.62. The minimum atomic E-state index is -0.181. The Hall–Kier alpha value is -2.27. The number of phenolic OH excluding ortho intramolecular Hbond substituents is 1. The van der Waals surface area contributed by atoms with Crippen molar-refractivity contribution in [3.05, 3.63) is 51.9 Å². The van der Waals surface area contributed by atoms with E-state index >= 15 is 0 Å². The van der Waals surface area contributed by atoms with Gasteiger partial charge in [-0.25, -0.2) is 0 Å². The molecular formula is C19H20N2O2S. The lowest BCUT2D eigenvalue weighted by Gasteiger charge is -2.33. The average Bonchev–Trinajstić information content (AvgIpc) is 2.96. The highest BCUT2D eigenvalue weighted by atomic mass is 32.1. The summed E-state index contributed by atoms with van der Waals surface area (Å²) in [5.41, 5.74) is 3.09. The first-order valence-corrected chi connectivity index (χ1v) is 8.98. The molecular weight excluding hydrogens is 320 g/mol. The number of para-hydroxylation sites is 1. The number of thiophene rings is 1. The molecule has 0 fully saturated rings. The summed E-state index contributed by atoms with van der Waals surface area (Å²) in [5.74, 6) is 0.362. The average molecular weight is 340 g/mol. The van der Waals surface area contributed by atoms with Gasteiger partial charge in [0.1, 0.15) is 11.4 Å². The van der Waals surface area contributed by atoms with Crippen molar-refractivity contribution < 1.29 is 9.90 Å². The number of hydrogen-bond acceptors (Lipinski definition) is 5. The summed E-state index contributed by atoms with van der Waals surface area (Å²) in [7, 11) is 0. The van der Waals surface area contributed by atoms with Gasteiger partial charge in [-0.1, -0.05) is 26.0 Å².